The minimum Gasteiger partial charge on any atom is -0.266 e. The average Bonchev–Trinajstić information content (AvgIpc) is 3.06. The lowest BCUT2D eigenvalue weighted by atomic mass is 10.1. The van der Waals surface area contributed by atoms with Crippen molar-refractivity contribution in [2.75, 3.05) is 4.72 Å². The Balaban J connectivity index is 1.74. The smallest absolute Gasteiger partial charge is 0.266 e. The van der Waals surface area contributed by atoms with Crippen LogP contribution in [0.1, 0.15) is 27.9 Å². The van der Waals surface area contributed by atoms with E-state index in [9.17, 15) is 13.2 Å². The molecule has 2 N–H and O–H groups in total. The zero-order chi connectivity index (χ0) is 20.1. The fourth-order valence-corrected chi connectivity index (χ4v) is 4.47. The van der Waals surface area contributed by atoms with Gasteiger partial charge in [-0.3, -0.25) is 9.52 Å². The van der Waals surface area contributed by atoms with Crippen LogP contribution in [0.15, 0.2) is 70.7 Å². The number of carbonyl (C=O) groups excluding carboxylic acids is 1. The number of thiazole rings is 1. The lowest BCUT2D eigenvalue weighted by Gasteiger charge is -2.04. The van der Waals surface area contributed by atoms with Crippen LogP contribution in [0.3, 0.4) is 0 Å². The molecule has 0 spiro atoms. The van der Waals surface area contributed by atoms with E-state index in [1.807, 2.05) is 30.3 Å². The fraction of sp³-hybridized carbons (Fsp3) is 0.105. The fourth-order valence-electron chi connectivity index (χ4n) is 2.35. The summed E-state index contributed by atoms with van der Waals surface area (Å²) in [5, 5.41) is 4.22. The first kappa shape index (κ1) is 19.7. The summed E-state index contributed by atoms with van der Waals surface area (Å²) in [5.41, 5.74) is 4.45. The second-order valence-corrected chi connectivity index (χ2v) is 8.54. The third-order valence-corrected chi connectivity index (χ3v) is 6.35. The first-order valence-electron chi connectivity index (χ1n) is 8.32. The number of carbonyl (C=O) groups is 1. The van der Waals surface area contributed by atoms with Gasteiger partial charge in [-0.15, -0.1) is 0 Å². The van der Waals surface area contributed by atoms with Gasteiger partial charge < -0.3 is 0 Å². The Morgan fingerprint density at radius 2 is 1.64 bits per heavy atom. The van der Waals surface area contributed by atoms with Crippen LogP contribution in [0.25, 0.3) is 0 Å². The van der Waals surface area contributed by atoms with Crippen LogP contribution in [0.4, 0.5) is 5.13 Å². The van der Waals surface area contributed by atoms with Crippen molar-refractivity contribution in [3.8, 4) is 0 Å². The molecule has 9 heteroatoms. The highest BCUT2D eigenvalue weighted by Crippen LogP contribution is 2.25. The molecule has 0 bridgehead atoms. The second-order valence-electron chi connectivity index (χ2n) is 5.86. The van der Waals surface area contributed by atoms with Crippen molar-refractivity contribution in [2.24, 2.45) is 5.10 Å². The van der Waals surface area contributed by atoms with Crippen LogP contribution in [-0.2, 0) is 10.0 Å². The molecule has 1 aromatic heterocycles. The highest BCUT2D eigenvalue weighted by Gasteiger charge is 2.20. The Hall–Kier alpha value is -3.04. The summed E-state index contributed by atoms with van der Waals surface area (Å²) in [7, 11) is -3.77. The van der Waals surface area contributed by atoms with Gasteiger partial charge in [-0.1, -0.05) is 59.9 Å². The average molecular weight is 415 g/mol. The maximum atomic E-state index is 12.4. The van der Waals surface area contributed by atoms with Gasteiger partial charge >= 0.3 is 0 Å². The number of benzene rings is 2. The molecule has 1 amide bonds. The Morgan fingerprint density at radius 1 is 1.04 bits per heavy atom. The molecule has 28 heavy (non-hydrogen) atoms. The summed E-state index contributed by atoms with van der Waals surface area (Å²) >= 11 is 0.954. The molecule has 0 aliphatic heterocycles. The van der Waals surface area contributed by atoms with Crippen molar-refractivity contribution in [3.63, 3.8) is 0 Å². The van der Waals surface area contributed by atoms with E-state index in [2.05, 4.69) is 20.2 Å². The van der Waals surface area contributed by atoms with Crippen LogP contribution >= 0.6 is 11.3 Å². The third kappa shape index (κ3) is 4.62. The van der Waals surface area contributed by atoms with E-state index >= 15 is 0 Å². The summed E-state index contributed by atoms with van der Waals surface area (Å²) in [5.74, 6) is -0.449. The van der Waals surface area contributed by atoms with Gasteiger partial charge in [-0.25, -0.2) is 18.8 Å². The SMILES string of the molecule is C/C(=N\NC(=O)c1sc(NS(=O)(=O)c2ccccc2)nc1C)c1ccccc1. The predicted octanol–water partition coefficient (Wildman–Crippen LogP) is 3.41. The normalized spacial score (nSPS) is 11.9. The molecule has 0 saturated carbocycles. The standard InChI is InChI=1S/C19H18N4O3S2/c1-13(15-9-5-3-6-10-15)21-22-18(24)17-14(2)20-19(27-17)23-28(25,26)16-11-7-4-8-12-16/h3-12H,1-2H3,(H,20,23)(H,22,24)/b21-13+. The zero-order valence-electron chi connectivity index (χ0n) is 15.2. The number of aromatic nitrogens is 1. The van der Waals surface area contributed by atoms with Gasteiger partial charge in [0.05, 0.1) is 16.3 Å². The molecule has 144 valence electrons. The Kier molecular flexibility index (Phi) is 5.86. The van der Waals surface area contributed by atoms with Crippen molar-refractivity contribution in [1.82, 2.24) is 10.4 Å². The Morgan fingerprint density at radius 3 is 2.29 bits per heavy atom. The first-order valence-corrected chi connectivity index (χ1v) is 10.6. The van der Waals surface area contributed by atoms with Crippen molar-refractivity contribution >= 4 is 38.1 Å². The quantitative estimate of drug-likeness (QED) is 0.477. The molecule has 1 heterocycles. The molecular weight excluding hydrogens is 396 g/mol. The van der Waals surface area contributed by atoms with Crippen molar-refractivity contribution in [3.05, 3.63) is 76.8 Å². The van der Waals surface area contributed by atoms with Gasteiger partial charge in [0.15, 0.2) is 5.13 Å². The molecule has 0 fully saturated rings. The number of hydrogen-bond donors (Lipinski definition) is 2. The van der Waals surface area contributed by atoms with Crippen molar-refractivity contribution in [2.45, 2.75) is 18.7 Å². The highest BCUT2D eigenvalue weighted by molar-refractivity contribution is 7.93. The number of anilines is 1. The highest BCUT2D eigenvalue weighted by atomic mass is 32.2. The monoisotopic (exact) mass is 414 g/mol. The Bertz CT molecular complexity index is 1110. The van der Waals surface area contributed by atoms with Crippen LogP contribution < -0.4 is 10.1 Å². The van der Waals surface area contributed by atoms with Gasteiger partial charge in [0.25, 0.3) is 15.9 Å². The maximum absolute atomic E-state index is 12.4. The van der Waals surface area contributed by atoms with E-state index in [-0.39, 0.29) is 14.9 Å². The van der Waals surface area contributed by atoms with E-state index in [4.69, 9.17) is 0 Å². The van der Waals surface area contributed by atoms with Crippen molar-refractivity contribution in [1.29, 1.82) is 0 Å². The first-order chi connectivity index (χ1) is 13.4. The molecule has 0 unspecified atom stereocenters. The number of nitrogens with zero attached hydrogens (tertiary/aromatic N) is 2. The van der Waals surface area contributed by atoms with Gasteiger partial charge in [0, 0.05) is 0 Å². The molecular formula is C19H18N4O3S2. The molecule has 2 aromatic carbocycles. The summed E-state index contributed by atoms with van der Waals surface area (Å²) in [6.45, 7) is 3.42. The van der Waals surface area contributed by atoms with E-state index in [1.54, 1.807) is 32.0 Å². The number of hydrazone groups is 1. The number of hydrogen-bond acceptors (Lipinski definition) is 6. The minimum atomic E-state index is -3.77. The summed E-state index contributed by atoms with van der Waals surface area (Å²) in [6.07, 6.45) is 0. The molecule has 0 aliphatic rings. The predicted molar refractivity (Wildman–Crippen MR) is 110 cm³/mol. The lowest BCUT2D eigenvalue weighted by Crippen LogP contribution is -2.19. The number of nitrogens with one attached hydrogen (secondary N) is 2. The third-order valence-electron chi connectivity index (χ3n) is 3.79. The molecule has 0 atom stereocenters. The number of amides is 1. The molecule has 3 rings (SSSR count). The van der Waals surface area contributed by atoms with E-state index < -0.39 is 15.9 Å². The van der Waals surface area contributed by atoms with Crippen LogP contribution in [0.2, 0.25) is 0 Å². The molecule has 3 aromatic rings. The van der Waals surface area contributed by atoms with Gasteiger partial charge in [-0.05, 0) is 31.5 Å². The Labute approximate surface area is 167 Å². The summed E-state index contributed by atoms with van der Waals surface area (Å²) in [4.78, 5) is 17.0. The van der Waals surface area contributed by atoms with Crippen molar-refractivity contribution < 1.29 is 13.2 Å². The van der Waals surface area contributed by atoms with Gasteiger partial charge in [0.2, 0.25) is 0 Å². The van der Waals surface area contributed by atoms with Crippen LogP contribution in [0.5, 0.6) is 0 Å². The van der Waals surface area contributed by atoms with Crippen LogP contribution in [-0.4, -0.2) is 25.0 Å². The molecule has 0 aliphatic carbocycles. The lowest BCUT2D eigenvalue weighted by molar-refractivity contribution is 0.0958. The largest absolute Gasteiger partial charge is 0.283 e. The zero-order valence-corrected chi connectivity index (χ0v) is 16.8. The molecule has 0 saturated heterocycles. The summed E-state index contributed by atoms with van der Waals surface area (Å²) in [6, 6.07) is 17.4. The van der Waals surface area contributed by atoms with E-state index in [0.717, 1.165) is 16.9 Å². The maximum Gasteiger partial charge on any atom is 0.283 e. The number of aryl methyl sites for hydroxylation is 1. The van der Waals surface area contributed by atoms with Crippen LogP contribution in [0, 0.1) is 6.92 Å². The topological polar surface area (TPSA) is 101 Å². The summed E-state index contributed by atoms with van der Waals surface area (Å²) < 4.78 is 27.2. The number of rotatable bonds is 6. The number of sulfonamides is 1. The minimum absolute atomic E-state index is 0.121. The second kappa shape index (κ2) is 8.32. The van der Waals surface area contributed by atoms with E-state index in [1.165, 1.54) is 12.1 Å². The molecule has 0 radical (unpaired) electrons. The molecule has 7 nitrogen and oxygen atoms in total. The van der Waals surface area contributed by atoms with E-state index in [0.29, 0.717) is 11.4 Å². The van der Waals surface area contributed by atoms with Gasteiger partial charge in [-0.2, -0.15) is 5.10 Å². The van der Waals surface area contributed by atoms with Gasteiger partial charge in [0.1, 0.15) is 4.88 Å².